The van der Waals surface area contributed by atoms with Crippen molar-refractivity contribution in [3.8, 4) is 0 Å². The highest BCUT2D eigenvalue weighted by Crippen LogP contribution is 2.26. The van der Waals surface area contributed by atoms with Crippen LogP contribution in [0.1, 0.15) is 38.3 Å². The number of hydrogen-bond acceptors (Lipinski definition) is 5. The maximum atomic E-state index is 12.0. The molecule has 0 aliphatic carbocycles. The van der Waals surface area contributed by atoms with Gasteiger partial charge in [-0.1, -0.05) is 68.1 Å². The Hall–Kier alpha value is -1.40. The van der Waals surface area contributed by atoms with Crippen LogP contribution >= 0.6 is 23.1 Å². The van der Waals surface area contributed by atoms with Gasteiger partial charge in [0.2, 0.25) is 11.0 Å². The standard InChI is InChI=1S/C17H23N3OS2/c1-4-13-5-7-14(8-6-13)9-10-15(21)18-16-19-20-17(23-16)22-11-12(2)3/h5-8,12H,4,9-11H2,1-3H3,(H,18,19,21). The van der Waals surface area contributed by atoms with Gasteiger partial charge in [0.05, 0.1) is 0 Å². The Morgan fingerprint density at radius 1 is 1.22 bits per heavy atom. The van der Waals surface area contributed by atoms with E-state index >= 15 is 0 Å². The van der Waals surface area contributed by atoms with Gasteiger partial charge in [-0.15, -0.1) is 10.2 Å². The normalized spacial score (nSPS) is 11.0. The maximum Gasteiger partial charge on any atom is 0.226 e. The second-order valence-corrected chi connectivity index (χ2v) is 8.04. The second-order valence-electron chi connectivity index (χ2n) is 5.80. The number of rotatable bonds is 8. The van der Waals surface area contributed by atoms with Crippen LogP contribution in [0, 0.1) is 5.92 Å². The number of carbonyl (C=O) groups is 1. The third-order valence-corrected chi connectivity index (χ3v) is 5.66. The van der Waals surface area contributed by atoms with Crippen molar-refractivity contribution in [2.45, 2.75) is 44.4 Å². The fourth-order valence-electron chi connectivity index (χ4n) is 1.94. The Morgan fingerprint density at radius 2 is 1.91 bits per heavy atom. The van der Waals surface area contributed by atoms with E-state index in [1.165, 1.54) is 22.5 Å². The van der Waals surface area contributed by atoms with Gasteiger partial charge in [-0.25, -0.2) is 0 Å². The van der Waals surface area contributed by atoms with Crippen molar-refractivity contribution in [3.05, 3.63) is 35.4 Å². The molecular formula is C17H23N3OS2. The van der Waals surface area contributed by atoms with Crippen molar-refractivity contribution in [1.82, 2.24) is 10.2 Å². The number of amides is 1. The summed E-state index contributed by atoms with van der Waals surface area (Å²) in [5.41, 5.74) is 2.50. The number of aromatic nitrogens is 2. The molecule has 23 heavy (non-hydrogen) atoms. The highest BCUT2D eigenvalue weighted by atomic mass is 32.2. The predicted octanol–water partition coefficient (Wildman–Crippen LogP) is 4.42. The van der Waals surface area contributed by atoms with Gasteiger partial charge in [-0.3, -0.25) is 4.79 Å². The minimum Gasteiger partial charge on any atom is -0.300 e. The SMILES string of the molecule is CCc1ccc(CCC(=O)Nc2nnc(SCC(C)C)s2)cc1. The molecule has 0 saturated carbocycles. The summed E-state index contributed by atoms with van der Waals surface area (Å²) >= 11 is 3.12. The molecule has 2 rings (SSSR count). The van der Waals surface area contributed by atoms with E-state index < -0.39 is 0 Å². The lowest BCUT2D eigenvalue weighted by molar-refractivity contribution is -0.116. The van der Waals surface area contributed by atoms with Crippen LogP contribution in [0.4, 0.5) is 5.13 Å². The largest absolute Gasteiger partial charge is 0.300 e. The maximum absolute atomic E-state index is 12.0. The van der Waals surface area contributed by atoms with Crippen LogP contribution < -0.4 is 5.32 Å². The average molecular weight is 350 g/mol. The molecule has 0 atom stereocenters. The fourth-order valence-corrected chi connectivity index (χ4v) is 3.68. The first-order valence-corrected chi connectivity index (χ1v) is 9.71. The van der Waals surface area contributed by atoms with Crippen LogP contribution in [-0.2, 0) is 17.6 Å². The molecule has 1 aromatic heterocycles. The molecular weight excluding hydrogens is 326 g/mol. The van der Waals surface area contributed by atoms with Crippen molar-refractivity contribution < 1.29 is 4.79 Å². The number of nitrogens with one attached hydrogen (secondary N) is 1. The molecule has 1 heterocycles. The van der Waals surface area contributed by atoms with E-state index in [4.69, 9.17) is 0 Å². The van der Waals surface area contributed by atoms with E-state index in [2.05, 4.69) is 60.6 Å². The molecule has 1 amide bonds. The molecule has 0 aliphatic heterocycles. The predicted molar refractivity (Wildman–Crippen MR) is 98.2 cm³/mol. The minimum absolute atomic E-state index is 0.0128. The van der Waals surface area contributed by atoms with Gasteiger partial charge in [-0.2, -0.15) is 0 Å². The van der Waals surface area contributed by atoms with Crippen molar-refractivity contribution in [3.63, 3.8) is 0 Å². The average Bonchev–Trinajstić information content (AvgIpc) is 2.99. The molecule has 0 aliphatic rings. The van der Waals surface area contributed by atoms with Crippen LogP contribution in [-0.4, -0.2) is 21.9 Å². The number of thioether (sulfide) groups is 1. The summed E-state index contributed by atoms with van der Waals surface area (Å²) < 4.78 is 0.907. The Kier molecular flexibility index (Phi) is 7.05. The smallest absolute Gasteiger partial charge is 0.226 e. The zero-order valence-corrected chi connectivity index (χ0v) is 15.5. The van der Waals surface area contributed by atoms with E-state index in [1.807, 2.05) is 0 Å². The van der Waals surface area contributed by atoms with Gasteiger partial charge < -0.3 is 5.32 Å². The van der Waals surface area contributed by atoms with Gasteiger partial charge in [0.15, 0.2) is 4.34 Å². The molecule has 0 radical (unpaired) electrons. The summed E-state index contributed by atoms with van der Waals surface area (Å²) in [5, 5.41) is 11.5. The lowest BCUT2D eigenvalue weighted by Gasteiger charge is -2.03. The quantitative estimate of drug-likeness (QED) is 0.566. The second kappa shape index (κ2) is 9.03. The minimum atomic E-state index is -0.0128. The number of aryl methyl sites for hydroxylation is 2. The first kappa shape index (κ1) is 17.9. The van der Waals surface area contributed by atoms with E-state index in [-0.39, 0.29) is 5.91 Å². The zero-order chi connectivity index (χ0) is 16.7. The number of hydrogen-bond donors (Lipinski definition) is 1. The topological polar surface area (TPSA) is 54.9 Å². The Morgan fingerprint density at radius 3 is 2.57 bits per heavy atom. The molecule has 2 aromatic rings. The third-order valence-electron chi connectivity index (χ3n) is 3.26. The summed E-state index contributed by atoms with van der Waals surface area (Å²) in [6.45, 7) is 6.48. The third kappa shape index (κ3) is 6.31. The van der Waals surface area contributed by atoms with Crippen LogP contribution in [0.15, 0.2) is 28.6 Å². The van der Waals surface area contributed by atoms with E-state index in [9.17, 15) is 4.79 Å². The highest BCUT2D eigenvalue weighted by Gasteiger charge is 2.09. The van der Waals surface area contributed by atoms with Crippen LogP contribution in [0.25, 0.3) is 0 Å². The number of nitrogens with zero attached hydrogens (tertiary/aromatic N) is 2. The van der Waals surface area contributed by atoms with E-state index in [1.54, 1.807) is 11.8 Å². The number of benzene rings is 1. The Balaban J connectivity index is 1.77. The molecule has 1 aromatic carbocycles. The summed E-state index contributed by atoms with van der Waals surface area (Å²) in [7, 11) is 0. The summed E-state index contributed by atoms with van der Waals surface area (Å²) in [4.78, 5) is 12.0. The summed E-state index contributed by atoms with van der Waals surface area (Å²) in [6, 6.07) is 8.43. The number of carbonyl (C=O) groups excluding carboxylic acids is 1. The monoisotopic (exact) mass is 349 g/mol. The first-order valence-electron chi connectivity index (χ1n) is 7.90. The van der Waals surface area contributed by atoms with Crippen molar-refractivity contribution in [2.75, 3.05) is 11.1 Å². The molecule has 0 spiro atoms. The van der Waals surface area contributed by atoms with E-state index in [0.717, 1.165) is 22.9 Å². The molecule has 124 valence electrons. The van der Waals surface area contributed by atoms with Crippen LogP contribution in [0.5, 0.6) is 0 Å². The molecule has 6 heteroatoms. The van der Waals surface area contributed by atoms with Gasteiger partial charge in [0.25, 0.3) is 0 Å². The molecule has 0 unspecified atom stereocenters. The molecule has 1 N–H and O–H groups in total. The fraction of sp³-hybridized carbons (Fsp3) is 0.471. The lowest BCUT2D eigenvalue weighted by atomic mass is 10.1. The summed E-state index contributed by atoms with van der Waals surface area (Å²) in [5.74, 6) is 1.61. The van der Waals surface area contributed by atoms with Crippen molar-refractivity contribution >= 4 is 34.1 Å². The Labute approximate surface area is 146 Å². The Bertz CT molecular complexity index is 623. The van der Waals surface area contributed by atoms with Crippen molar-refractivity contribution in [1.29, 1.82) is 0 Å². The van der Waals surface area contributed by atoms with Gasteiger partial charge in [0.1, 0.15) is 0 Å². The van der Waals surface area contributed by atoms with Crippen LogP contribution in [0.3, 0.4) is 0 Å². The molecule has 4 nitrogen and oxygen atoms in total. The van der Waals surface area contributed by atoms with Gasteiger partial charge >= 0.3 is 0 Å². The highest BCUT2D eigenvalue weighted by molar-refractivity contribution is 8.01. The van der Waals surface area contributed by atoms with Crippen molar-refractivity contribution in [2.24, 2.45) is 5.92 Å². The summed E-state index contributed by atoms with van der Waals surface area (Å²) in [6.07, 6.45) is 2.23. The lowest BCUT2D eigenvalue weighted by Crippen LogP contribution is -2.12. The van der Waals surface area contributed by atoms with Gasteiger partial charge in [0, 0.05) is 12.2 Å². The number of anilines is 1. The first-order chi connectivity index (χ1) is 11.1. The molecule has 0 bridgehead atoms. The zero-order valence-electron chi connectivity index (χ0n) is 13.8. The molecule has 0 saturated heterocycles. The van der Waals surface area contributed by atoms with E-state index in [0.29, 0.717) is 17.5 Å². The van der Waals surface area contributed by atoms with Crippen LogP contribution in [0.2, 0.25) is 0 Å². The van der Waals surface area contributed by atoms with Gasteiger partial charge in [-0.05, 0) is 29.9 Å². The molecule has 0 fully saturated rings.